The lowest BCUT2D eigenvalue weighted by molar-refractivity contribution is -0.129. The predicted molar refractivity (Wildman–Crippen MR) is 106 cm³/mol. The Balaban J connectivity index is 1.78. The third-order valence-corrected chi connectivity index (χ3v) is 5.29. The molecule has 6 nitrogen and oxygen atoms in total. The minimum Gasteiger partial charge on any atom is -0.444 e. The molecule has 1 aromatic rings. The first-order valence-electron chi connectivity index (χ1n) is 9.26. The van der Waals surface area contributed by atoms with E-state index in [4.69, 9.17) is 4.74 Å². The fraction of sp³-hybridized carbons (Fsp3) is 0.550. The molecule has 1 aromatic carbocycles. The molecule has 1 heterocycles. The van der Waals surface area contributed by atoms with Crippen LogP contribution in [0.4, 0.5) is 9.18 Å². The van der Waals surface area contributed by atoms with Crippen molar-refractivity contribution in [2.45, 2.75) is 57.1 Å². The number of piperidine rings is 1. The number of nitrogens with one attached hydrogen (secondary N) is 1. The molecule has 0 spiro atoms. The largest absolute Gasteiger partial charge is 0.444 e. The Hall–Kier alpha value is -2.09. The molecule has 0 aliphatic carbocycles. The second-order valence-electron chi connectivity index (χ2n) is 7.79. The molecular formula is C20H27FN2O4S. The van der Waals surface area contributed by atoms with Crippen molar-refractivity contribution < 1.29 is 23.5 Å². The van der Waals surface area contributed by atoms with Crippen molar-refractivity contribution in [2.75, 3.05) is 18.8 Å². The average Bonchev–Trinajstić information content (AvgIpc) is 2.59. The van der Waals surface area contributed by atoms with Crippen LogP contribution in [-0.4, -0.2) is 53.2 Å². The van der Waals surface area contributed by atoms with Gasteiger partial charge in [-0.05, 0) is 52.7 Å². The van der Waals surface area contributed by atoms with Crippen LogP contribution in [-0.2, 0) is 9.53 Å². The fourth-order valence-corrected chi connectivity index (χ4v) is 3.64. The van der Waals surface area contributed by atoms with Crippen molar-refractivity contribution in [3.63, 3.8) is 0 Å². The quantitative estimate of drug-likeness (QED) is 0.593. The number of likely N-dealkylation sites (tertiary alicyclic amines) is 1. The summed E-state index contributed by atoms with van der Waals surface area (Å²) in [6.45, 7) is 7.87. The predicted octanol–water partition coefficient (Wildman–Crippen LogP) is 3.64. The van der Waals surface area contributed by atoms with Crippen molar-refractivity contribution in [2.24, 2.45) is 0 Å². The normalized spacial score (nSPS) is 15.2. The molecule has 1 aliphatic heterocycles. The number of rotatable bonds is 5. The van der Waals surface area contributed by atoms with E-state index in [1.807, 2.05) is 20.8 Å². The van der Waals surface area contributed by atoms with Crippen molar-refractivity contribution >= 4 is 29.5 Å². The molecule has 8 heteroatoms. The summed E-state index contributed by atoms with van der Waals surface area (Å²) in [7, 11) is 0. The number of alkyl carbamates (subject to hydrolysis) is 1. The number of hydrogen-bond donors (Lipinski definition) is 1. The van der Waals surface area contributed by atoms with Crippen LogP contribution in [0.2, 0.25) is 0 Å². The van der Waals surface area contributed by atoms with Gasteiger partial charge in [0.25, 0.3) is 0 Å². The third-order valence-electron chi connectivity index (χ3n) is 4.26. The summed E-state index contributed by atoms with van der Waals surface area (Å²) >= 11 is 1.12. The maximum atomic E-state index is 14.0. The molecule has 0 unspecified atom stereocenters. The molecule has 1 saturated heterocycles. The van der Waals surface area contributed by atoms with E-state index in [1.165, 1.54) is 19.1 Å². The lowest BCUT2D eigenvalue weighted by Gasteiger charge is -2.32. The molecule has 2 rings (SSSR count). The zero-order chi connectivity index (χ0) is 20.9. The molecule has 154 valence electrons. The molecule has 1 N–H and O–H groups in total. The minimum absolute atomic E-state index is 0.0249. The monoisotopic (exact) mass is 410 g/mol. The number of Topliss-reactive ketones (excluding diaryl/α,β-unsaturated/α-hetero) is 1. The number of nitrogens with zero attached hydrogens (tertiary/aromatic N) is 1. The van der Waals surface area contributed by atoms with Crippen LogP contribution >= 0.6 is 11.8 Å². The summed E-state index contributed by atoms with van der Waals surface area (Å²) in [5.74, 6) is -0.642. The van der Waals surface area contributed by atoms with Gasteiger partial charge in [0, 0.05) is 29.6 Å². The zero-order valence-electron chi connectivity index (χ0n) is 16.7. The Bertz CT molecular complexity index is 740. The Morgan fingerprint density at radius 3 is 2.43 bits per heavy atom. The Kier molecular flexibility index (Phi) is 7.46. The Labute approximate surface area is 169 Å². The van der Waals surface area contributed by atoms with Crippen LogP contribution in [0.5, 0.6) is 0 Å². The second-order valence-corrected chi connectivity index (χ2v) is 8.81. The SMILES string of the molecule is CC(=O)c1ccc(SCC(=O)N2CCC(NC(=O)OC(C)(C)C)CC2)c(F)c1. The van der Waals surface area contributed by atoms with Crippen LogP contribution in [0.25, 0.3) is 0 Å². The van der Waals surface area contributed by atoms with E-state index in [0.29, 0.717) is 36.4 Å². The molecule has 0 saturated carbocycles. The Morgan fingerprint density at radius 2 is 1.89 bits per heavy atom. The maximum Gasteiger partial charge on any atom is 0.407 e. The summed E-state index contributed by atoms with van der Waals surface area (Å²) in [6.07, 6.45) is 0.853. The summed E-state index contributed by atoms with van der Waals surface area (Å²) in [6, 6.07) is 4.26. The summed E-state index contributed by atoms with van der Waals surface area (Å²) in [4.78, 5) is 37.6. The molecule has 0 atom stereocenters. The molecule has 1 aliphatic rings. The zero-order valence-corrected chi connectivity index (χ0v) is 17.5. The molecule has 0 radical (unpaired) electrons. The van der Waals surface area contributed by atoms with Crippen LogP contribution < -0.4 is 5.32 Å². The van der Waals surface area contributed by atoms with Crippen LogP contribution in [0, 0.1) is 5.82 Å². The van der Waals surface area contributed by atoms with E-state index in [0.717, 1.165) is 11.8 Å². The van der Waals surface area contributed by atoms with Gasteiger partial charge < -0.3 is 15.0 Å². The summed E-state index contributed by atoms with van der Waals surface area (Å²) in [5, 5.41) is 2.83. The first-order valence-corrected chi connectivity index (χ1v) is 10.2. The molecule has 1 fully saturated rings. The van der Waals surface area contributed by atoms with Gasteiger partial charge in [-0.25, -0.2) is 9.18 Å². The van der Waals surface area contributed by atoms with Gasteiger partial charge in [0.2, 0.25) is 5.91 Å². The van der Waals surface area contributed by atoms with Crippen LogP contribution in [0.1, 0.15) is 50.9 Å². The van der Waals surface area contributed by atoms with Gasteiger partial charge in [-0.1, -0.05) is 6.07 Å². The van der Waals surface area contributed by atoms with Crippen LogP contribution in [0.3, 0.4) is 0 Å². The third kappa shape index (κ3) is 6.82. The van der Waals surface area contributed by atoms with Crippen molar-refractivity contribution in [3.8, 4) is 0 Å². The number of halogens is 1. The van der Waals surface area contributed by atoms with Gasteiger partial charge in [0.1, 0.15) is 11.4 Å². The van der Waals surface area contributed by atoms with Crippen molar-refractivity contribution in [1.29, 1.82) is 0 Å². The van der Waals surface area contributed by atoms with Crippen molar-refractivity contribution in [1.82, 2.24) is 10.2 Å². The highest BCUT2D eigenvalue weighted by molar-refractivity contribution is 8.00. The molecule has 2 amide bonds. The minimum atomic E-state index is -0.546. The smallest absolute Gasteiger partial charge is 0.407 e. The fourth-order valence-electron chi connectivity index (χ4n) is 2.82. The first kappa shape index (κ1) is 22.2. The first-order chi connectivity index (χ1) is 13.0. The highest BCUT2D eigenvalue weighted by Gasteiger charge is 2.25. The van der Waals surface area contributed by atoms with Gasteiger partial charge >= 0.3 is 6.09 Å². The number of benzene rings is 1. The Morgan fingerprint density at radius 1 is 1.25 bits per heavy atom. The summed E-state index contributed by atoms with van der Waals surface area (Å²) < 4.78 is 19.3. The van der Waals surface area contributed by atoms with E-state index in [-0.39, 0.29) is 23.5 Å². The van der Waals surface area contributed by atoms with E-state index < -0.39 is 17.5 Å². The number of ketones is 1. The average molecular weight is 411 g/mol. The maximum absolute atomic E-state index is 14.0. The number of carbonyl (C=O) groups is 3. The van der Waals surface area contributed by atoms with Gasteiger partial charge in [-0.3, -0.25) is 9.59 Å². The number of hydrogen-bond acceptors (Lipinski definition) is 5. The van der Waals surface area contributed by atoms with Gasteiger partial charge in [-0.2, -0.15) is 0 Å². The highest BCUT2D eigenvalue weighted by atomic mass is 32.2. The molecule has 0 aromatic heterocycles. The topological polar surface area (TPSA) is 75.7 Å². The van der Waals surface area contributed by atoms with E-state index in [2.05, 4.69) is 5.32 Å². The lowest BCUT2D eigenvalue weighted by atomic mass is 10.1. The summed E-state index contributed by atoms with van der Waals surface area (Å²) in [5.41, 5.74) is -0.233. The van der Waals surface area contributed by atoms with Crippen LogP contribution in [0.15, 0.2) is 23.1 Å². The standard InChI is InChI=1S/C20H27FN2O4S/c1-13(24)14-5-6-17(16(21)11-14)28-12-18(25)23-9-7-15(8-10-23)22-19(26)27-20(2,3)4/h5-6,11,15H,7-10,12H2,1-4H3,(H,22,26). The number of carbonyl (C=O) groups excluding carboxylic acids is 3. The van der Waals surface area contributed by atoms with E-state index in [9.17, 15) is 18.8 Å². The van der Waals surface area contributed by atoms with E-state index in [1.54, 1.807) is 11.0 Å². The van der Waals surface area contributed by atoms with Gasteiger partial charge in [0.05, 0.1) is 5.75 Å². The number of ether oxygens (including phenoxy) is 1. The molecule has 0 bridgehead atoms. The number of amides is 2. The van der Waals surface area contributed by atoms with E-state index >= 15 is 0 Å². The van der Waals surface area contributed by atoms with Gasteiger partial charge in [0.15, 0.2) is 5.78 Å². The number of thioether (sulfide) groups is 1. The molecular weight excluding hydrogens is 383 g/mol. The van der Waals surface area contributed by atoms with Crippen molar-refractivity contribution in [3.05, 3.63) is 29.6 Å². The highest BCUT2D eigenvalue weighted by Crippen LogP contribution is 2.24. The van der Waals surface area contributed by atoms with Gasteiger partial charge in [-0.15, -0.1) is 11.8 Å². The lowest BCUT2D eigenvalue weighted by Crippen LogP contribution is -2.48. The molecule has 28 heavy (non-hydrogen) atoms. The second kappa shape index (κ2) is 9.41.